The first kappa shape index (κ1) is 15.5. The summed E-state index contributed by atoms with van der Waals surface area (Å²) in [5.74, 6) is 1.13. The van der Waals surface area contributed by atoms with Gasteiger partial charge in [0.15, 0.2) is 0 Å². The molecule has 122 valence electrons. The lowest BCUT2D eigenvalue weighted by atomic mass is 9.95. The maximum Gasteiger partial charge on any atom is 0.244 e. The van der Waals surface area contributed by atoms with Gasteiger partial charge in [-0.25, -0.2) is 4.98 Å². The van der Waals surface area contributed by atoms with E-state index in [9.17, 15) is 4.79 Å². The molecule has 3 heterocycles. The van der Waals surface area contributed by atoms with Gasteiger partial charge in [-0.1, -0.05) is 0 Å². The molecule has 1 amide bonds. The second kappa shape index (κ2) is 7.21. The van der Waals surface area contributed by atoms with Gasteiger partial charge in [-0.15, -0.1) is 0 Å². The Morgan fingerprint density at radius 1 is 1.26 bits per heavy atom. The van der Waals surface area contributed by atoms with Crippen LogP contribution in [0.2, 0.25) is 0 Å². The van der Waals surface area contributed by atoms with Crippen LogP contribution >= 0.6 is 0 Å². The fourth-order valence-electron chi connectivity index (χ4n) is 3.02. The number of aromatic nitrogens is 4. The zero-order chi connectivity index (χ0) is 16.1. The highest BCUT2D eigenvalue weighted by molar-refractivity contribution is 5.75. The van der Waals surface area contributed by atoms with Crippen LogP contribution in [0.3, 0.4) is 0 Å². The minimum absolute atomic E-state index is 0.140. The first-order valence-corrected chi connectivity index (χ1v) is 8.02. The molecule has 1 saturated heterocycles. The number of anilines is 1. The summed E-state index contributed by atoms with van der Waals surface area (Å²) >= 11 is 0. The van der Waals surface area contributed by atoms with Crippen LogP contribution in [0.4, 0.5) is 5.82 Å². The maximum atomic E-state index is 12.3. The number of nitrogens with zero attached hydrogens (tertiary/aromatic N) is 5. The van der Waals surface area contributed by atoms with Crippen LogP contribution < -0.4 is 5.73 Å². The van der Waals surface area contributed by atoms with E-state index >= 15 is 0 Å². The van der Waals surface area contributed by atoms with Gasteiger partial charge in [-0.05, 0) is 37.7 Å². The molecule has 0 saturated carbocycles. The van der Waals surface area contributed by atoms with Crippen molar-refractivity contribution in [2.24, 2.45) is 5.92 Å². The minimum Gasteiger partial charge on any atom is -0.382 e. The molecule has 7 heteroatoms. The number of amides is 1. The molecule has 0 aliphatic carbocycles. The van der Waals surface area contributed by atoms with Crippen LogP contribution in [0.15, 0.2) is 30.9 Å². The number of carbonyl (C=O) groups excluding carboxylic acids is 1. The fraction of sp³-hybridized carbons (Fsp3) is 0.500. The second-order valence-electron chi connectivity index (χ2n) is 6.02. The Hall–Kier alpha value is -2.44. The van der Waals surface area contributed by atoms with Gasteiger partial charge in [0.05, 0.1) is 18.1 Å². The largest absolute Gasteiger partial charge is 0.382 e. The van der Waals surface area contributed by atoms with E-state index in [-0.39, 0.29) is 5.91 Å². The summed E-state index contributed by atoms with van der Waals surface area (Å²) in [4.78, 5) is 22.7. The average Bonchev–Trinajstić information content (AvgIpc) is 2.94. The molecule has 0 spiro atoms. The number of likely N-dealkylation sites (tertiary alicyclic amines) is 1. The van der Waals surface area contributed by atoms with Crippen molar-refractivity contribution in [1.82, 2.24) is 24.6 Å². The molecule has 2 aromatic rings. The van der Waals surface area contributed by atoms with E-state index in [0.29, 0.717) is 18.3 Å². The lowest BCUT2D eigenvalue weighted by Gasteiger charge is -2.20. The molecule has 0 aromatic carbocycles. The van der Waals surface area contributed by atoms with Gasteiger partial charge in [0.1, 0.15) is 12.4 Å². The van der Waals surface area contributed by atoms with Gasteiger partial charge in [-0.2, -0.15) is 5.10 Å². The Morgan fingerprint density at radius 3 is 2.91 bits per heavy atom. The van der Waals surface area contributed by atoms with Crippen LogP contribution in [-0.2, 0) is 17.8 Å². The summed E-state index contributed by atoms with van der Waals surface area (Å²) in [5.41, 5.74) is 6.54. The minimum atomic E-state index is 0.140. The molecule has 1 fully saturated rings. The average molecular weight is 314 g/mol. The number of carbonyl (C=O) groups is 1. The lowest BCUT2D eigenvalue weighted by molar-refractivity contribution is -0.132. The van der Waals surface area contributed by atoms with Crippen molar-refractivity contribution in [3.05, 3.63) is 36.5 Å². The third-order valence-corrected chi connectivity index (χ3v) is 4.28. The molecule has 0 bridgehead atoms. The van der Waals surface area contributed by atoms with Crippen LogP contribution in [-0.4, -0.2) is 43.6 Å². The topological polar surface area (TPSA) is 89.9 Å². The summed E-state index contributed by atoms with van der Waals surface area (Å²) in [7, 11) is 0. The van der Waals surface area contributed by atoms with Crippen molar-refractivity contribution in [3.63, 3.8) is 0 Å². The highest BCUT2D eigenvalue weighted by atomic mass is 16.2. The van der Waals surface area contributed by atoms with Gasteiger partial charge in [0.25, 0.3) is 0 Å². The van der Waals surface area contributed by atoms with Gasteiger partial charge >= 0.3 is 0 Å². The number of hydrogen-bond donors (Lipinski definition) is 1. The van der Waals surface area contributed by atoms with E-state index in [4.69, 9.17) is 5.73 Å². The molecule has 23 heavy (non-hydrogen) atoms. The lowest BCUT2D eigenvalue weighted by Crippen LogP contribution is -2.34. The molecule has 7 nitrogen and oxygen atoms in total. The Balaban J connectivity index is 1.52. The summed E-state index contributed by atoms with van der Waals surface area (Å²) in [5, 5.41) is 4.10. The highest BCUT2D eigenvalue weighted by Gasteiger charge is 2.21. The molecule has 2 N–H and O–H groups in total. The van der Waals surface area contributed by atoms with Crippen molar-refractivity contribution >= 4 is 11.7 Å². The zero-order valence-electron chi connectivity index (χ0n) is 13.1. The highest BCUT2D eigenvalue weighted by Crippen LogP contribution is 2.21. The SMILES string of the molecule is Nc1cnc(C[C@@H]2CCCN(C(=O)Cn3cccn3)CC2)cn1. The van der Waals surface area contributed by atoms with Gasteiger partial charge in [0, 0.05) is 25.5 Å². The fourth-order valence-corrected chi connectivity index (χ4v) is 3.02. The number of nitrogen functional groups attached to an aromatic ring is 1. The third kappa shape index (κ3) is 4.28. The van der Waals surface area contributed by atoms with E-state index in [0.717, 1.165) is 44.5 Å². The first-order valence-electron chi connectivity index (χ1n) is 8.02. The van der Waals surface area contributed by atoms with E-state index in [2.05, 4.69) is 15.1 Å². The van der Waals surface area contributed by atoms with Crippen LogP contribution in [0.1, 0.15) is 25.0 Å². The predicted octanol–water partition coefficient (Wildman–Crippen LogP) is 1.13. The van der Waals surface area contributed by atoms with Crippen molar-refractivity contribution in [2.45, 2.75) is 32.2 Å². The maximum absolute atomic E-state index is 12.3. The molecule has 1 atom stereocenters. The number of hydrogen-bond acceptors (Lipinski definition) is 5. The summed E-state index contributed by atoms with van der Waals surface area (Å²) in [6.07, 6.45) is 10.9. The quantitative estimate of drug-likeness (QED) is 0.913. The standard InChI is InChI=1S/C16H22N6O/c17-15-11-18-14(10-19-15)9-13-3-1-6-21(8-4-13)16(23)12-22-7-2-5-20-22/h2,5,7,10-11,13H,1,3-4,6,8-9,12H2,(H2,17,19)/t13-/m1/s1. The first-order chi connectivity index (χ1) is 11.2. The van der Waals surface area contributed by atoms with E-state index in [1.807, 2.05) is 17.2 Å². The molecule has 1 aliphatic heterocycles. The van der Waals surface area contributed by atoms with Gasteiger partial charge < -0.3 is 10.6 Å². The number of nitrogens with two attached hydrogens (primary N) is 1. The molecule has 1 aliphatic rings. The zero-order valence-corrected chi connectivity index (χ0v) is 13.1. The van der Waals surface area contributed by atoms with E-state index in [1.54, 1.807) is 23.3 Å². The molecule has 0 unspecified atom stereocenters. The van der Waals surface area contributed by atoms with Crippen LogP contribution in [0, 0.1) is 5.92 Å². The number of rotatable bonds is 4. The van der Waals surface area contributed by atoms with E-state index < -0.39 is 0 Å². The van der Waals surface area contributed by atoms with Crippen molar-refractivity contribution in [1.29, 1.82) is 0 Å². The molecule has 3 rings (SSSR count). The normalized spacial score (nSPS) is 18.6. The monoisotopic (exact) mass is 314 g/mol. The molecule has 0 radical (unpaired) electrons. The smallest absolute Gasteiger partial charge is 0.244 e. The predicted molar refractivity (Wildman–Crippen MR) is 86.3 cm³/mol. The summed E-state index contributed by atoms with van der Waals surface area (Å²) in [6.45, 7) is 1.94. The van der Waals surface area contributed by atoms with Crippen molar-refractivity contribution in [2.75, 3.05) is 18.8 Å². The summed E-state index contributed by atoms with van der Waals surface area (Å²) in [6, 6.07) is 1.83. The van der Waals surface area contributed by atoms with Gasteiger partial charge in [0.2, 0.25) is 5.91 Å². The van der Waals surface area contributed by atoms with Gasteiger partial charge in [-0.3, -0.25) is 14.5 Å². The Kier molecular flexibility index (Phi) is 4.85. The van der Waals surface area contributed by atoms with Crippen LogP contribution in [0.25, 0.3) is 0 Å². The molecular weight excluding hydrogens is 292 g/mol. The Morgan fingerprint density at radius 2 is 2.17 bits per heavy atom. The molecular formula is C16H22N6O. The second-order valence-corrected chi connectivity index (χ2v) is 6.02. The molecule has 2 aromatic heterocycles. The Bertz CT molecular complexity index is 625. The van der Waals surface area contributed by atoms with Crippen molar-refractivity contribution < 1.29 is 4.79 Å². The third-order valence-electron chi connectivity index (χ3n) is 4.28. The van der Waals surface area contributed by atoms with E-state index in [1.165, 1.54) is 0 Å². The Labute approximate surface area is 135 Å². The van der Waals surface area contributed by atoms with Crippen LogP contribution in [0.5, 0.6) is 0 Å². The summed E-state index contributed by atoms with van der Waals surface area (Å²) < 4.78 is 1.68. The van der Waals surface area contributed by atoms with Crippen molar-refractivity contribution in [3.8, 4) is 0 Å².